The Labute approximate surface area is 270 Å². The Morgan fingerprint density at radius 2 is 1.74 bits per heavy atom. The Morgan fingerprint density at radius 3 is 2.36 bits per heavy atom. The summed E-state index contributed by atoms with van der Waals surface area (Å²) in [6, 6.07) is 8.39. The maximum Gasteiger partial charge on any atom is 0.416 e. The number of imidazole rings is 1. The van der Waals surface area contributed by atoms with Crippen molar-refractivity contribution in [2.24, 2.45) is 7.05 Å². The number of nitrogens with zero attached hydrogens (tertiary/aromatic N) is 8. The highest BCUT2D eigenvalue weighted by Crippen LogP contribution is 2.35. The molecule has 0 saturated carbocycles. The third-order valence-corrected chi connectivity index (χ3v) is 10.5. The van der Waals surface area contributed by atoms with E-state index in [0.717, 1.165) is 42.6 Å². The first-order valence-electron chi connectivity index (χ1n) is 15.5. The summed E-state index contributed by atoms with van der Waals surface area (Å²) in [5.41, 5.74) is 2.57. The summed E-state index contributed by atoms with van der Waals surface area (Å²) in [4.78, 5) is 22.1. The van der Waals surface area contributed by atoms with Gasteiger partial charge in [-0.1, -0.05) is 12.1 Å². The zero-order valence-electron chi connectivity index (χ0n) is 26.8. The van der Waals surface area contributed by atoms with Crippen molar-refractivity contribution in [3.8, 4) is 11.3 Å². The molecule has 3 aromatic heterocycles. The largest absolute Gasteiger partial charge is 0.416 e. The van der Waals surface area contributed by atoms with Gasteiger partial charge in [-0.05, 0) is 37.1 Å². The number of aromatic nitrogens is 5. The Bertz CT molecular complexity index is 1940. The molecule has 0 bridgehead atoms. The third-order valence-electron chi connectivity index (χ3n) is 9.29. The van der Waals surface area contributed by atoms with Gasteiger partial charge >= 0.3 is 11.9 Å². The van der Waals surface area contributed by atoms with E-state index in [1.54, 1.807) is 16.2 Å². The number of hydrogen-bond donors (Lipinski definition) is 1. The number of aryl methyl sites for hydroxylation is 1. The Kier molecular flexibility index (Phi) is 8.74. The number of halogens is 3. The second-order valence-corrected chi connectivity index (χ2v) is 14.6. The maximum atomic E-state index is 13.2. The van der Waals surface area contributed by atoms with Crippen molar-refractivity contribution in [1.82, 2.24) is 33.1 Å². The number of alkyl halides is 3. The molecule has 1 N–H and O–H groups in total. The number of anilines is 1. The number of aliphatic hydroxyl groups is 1. The van der Waals surface area contributed by atoms with E-state index in [-0.39, 0.29) is 24.8 Å². The maximum absolute atomic E-state index is 13.2. The van der Waals surface area contributed by atoms with Gasteiger partial charge in [-0.2, -0.15) is 22.6 Å². The van der Waals surface area contributed by atoms with Crippen LogP contribution in [0.1, 0.15) is 48.4 Å². The summed E-state index contributed by atoms with van der Waals surface area (Å²) < 4.78 is 70.6. The number of hydrogen-bond acceptors (Lipinski definition) is 8. The van der Waals surface area contributed by atoms with Crippen LogP contribution in [0.5, 0.6) is 0 Å². The molecule has 16 heteroatoms. The first kappa shape index (κ1) is 33.2. The molecule has 1 fully saturated rings. The number of likely N-dealkylation sites (tertiary alicyclic amines) is 1. The zero-order chi connectivity index (χ0) is 33.8. The molecule has 0 radical (unpaired) electrons. The van der Waals surface area contributed by atoms with Crippen LogP contribution in [0.15, 0.2) is 41.2 Å². The molecule has 1 unspecified atom stereocenters. The smallest absolute Gasteiger partial charge is 0.372 e. The van der Waals surface area contributed by atoms with Crippen molar-refractivity contribution >= 4 is 27.0 Å². The van der Waals surface area contributed by atoms with Crippen LogP contribution >= 0.6 is 0 Å². The summed E-state index contributed by atoms with van der Waals surface area (Å²) in [6.45, 7) is 2.21. The van der Waals surface area contributed by atoms with Gasteiger partial charge in [0.2, 0.25) is 10.0 Å². The number of piperidine rings is 1. The van der Waals surface area contributed by atoms with Crippen LogP contribution in [0.2, 0.25) is 0 Å². The molecule has 6 rings (SSSR count). The van der Waals surface area contributed by atoms with Gasteiger partial charge in [0.25, 0.3) is 0 Å². The fourth-order valence-electron chi connectivity index (χ4n) is 6.62. The van der Waals surface area contributed by atoms with Crippen LogP contribution in [0.3, 0.4) is 0 Å². The van der Waals surface area contributed by atoms with Crippen molar-refractivity contribution in [2.45, 2.75) is 50.7 Å². The summed E-state index contributed by atoms with van der Waals surface area (Å²) in [7, 11) is 2.05. The number of pyridine rings is 1. The summed E-state index contributed by atoms with van der Waals surface area (Å²) >= 11 is 0. The lowest BCUT2D eigenvalue weighted by Crippen LogP contribution is -2.39. The van der Waals surface area contributed by atoms with Crippen LogP contribution in [0, 0.1) is 0 Å². The minimum atomic E-state index is -4.49. The van der Waals surface area contributed by atoms with Crippen molar-refractivity contribution in [3.05, 3.63) is 63.7 Å². The Morgan fingerprint density at radius 1 is 1.06 bits per heavy atom. The van der Waals surface area contributed by atoms with Gasteiger partial charge in [0.1, 0.15) is 12.0 Å². The predicted molar refractivity (Wildman–Crippen MR) is 172 cm³/mol. The minimum Gasteiger partial charge on any atom is -0.372 e. The molecule has 2 aliphatic heterocycles. The Hall–Kier alpha value is -3.73. The molecular weight excluding hydrogens is 637 g/mol. The standard InChI is InChI=1S/C31H39F3N8O4S/c1-37(2)26-10-9-25-29(35-26)41(30(44)38(25)3)22-11-15-39(16-12-22)17-14-27(43)42-24-13-18-40(47(4,45)46)19-23(24)28(36-42)20-5-7-21(8-6-20)31(32,33)34/h5-10,22,27,43H,11-19H2,1-4H3. The average molecular weight is 677 g/mol. The minimum absolute atomic E-state index is 0.0143. The van der Waals surface area contributed by atoms with E-state index in [0.29, 0.717) is 60.6 Å². The first-order valence-corrected chi connectivity index (χ1v) is 17.4. The predicted octanol–water partition coefficient (Wildman–Crippen LogP) is 3.22. The van der Waals surface area contributed by atoms with Crippen LogP contribution in [0.25, 0.3) is 22.4 Å². The lowest BCUT2D eigenvalue weighted by atomic mass is 10.0. The SMILES string of the molecule is CN(C)c1ccc2c(n1)n(C1CCN(CCC(O)n3nc(-c4ccc(C(F)(F)F)cc4)c4c3CCN(S(C)(=O)=O)C4)CC1)c(=O)n2C. The quantitative estimate of drug-likeness (QED) is 0.302. The van der Waals surface area contributed by atoms with E-state index in [1.165, 1.54) is 21.1 Å². The summed E-state index contributed by atoms with van der Waals surface area (Å²) in [6.07, 6.45) is -2.29. The summed E-state index contributed by atoms with van der Waals surface area (Å²) in [5.74, 6) is 0.773. The van der Waals surface area contributed by atoms with E-state index in [2.05, 4.69) is 10.00 Å². The third kappa shape index (κ3) is 6.43. The highest BCUT2D eigenvalue weighted by atomic mass is 32.2. The van der Waals surface area contributed by atoms with Crippen molar-refractivity contribution in [1.29, 1.82) is 0 Å². The van der Waals surface area contributed by atoms with Gasteiger partial charge in [-0.3, -0.25) is 9.13 Å². The van der Waals surface area contributed by atoms with E-state index < -0.39 is 28.0 Å². The van der Waals surface area contributed by atoms with Gasteiger partial charge in [0.05, 0.1) is 23.0 Å². The molecule has 5 heterocycles. The van der Waals surface area contributed by atoms with E-state index in [9.17, 15) is 31.5 Å². The van der Waals surface area contributed by atoms with Gasteiger partial charge in [-0.25, -0.2) is 22.9 Å². The van der Waals surface area contributed by atoms with E-state index in [1.807, 2.05) is 31.1 Å². The zero-order valence-corrected chi connectivity index (χ0v) is 27.6. The normalized spacial score (nSPS) is 17.7. The second-order valence-electron chi connectivity index (χ2n) is 12.6. The van der Waals surface area contributed by atoms with Crippen LogP contribution in [0.4, 0.5) is 19.0 Å². The van der Waals surface area contributed by atoms with Crippen LogP contribution in [-0.2, 0) is 36.2 Å². The van der Waals surface area contributed by atoms with Crippen molar-refractivity contribution in [2.75, 3.05) is 51.4 Å². The molecule has 0 spiro atoms. The van der Waals surface area contributed by atoms with Crippen molar-refractivity contribution in [3.63, 3.8) is 0 Å². The van der Waals surface area contributed by atoms with Gasteiger partial charge in [-0.15, -0.1) is 0 Å². The number of aliphatic hydroxyl groups excluding tert-OH is 1. The molecule has 12 nitrogen and oxygen atoms in total. The molecule has 0 aliphatic carbocycles. The van der Waals surface area contributed by atoms with Crippen LogP contribution in [-0.4, -0.2) is 93.2 Å². The molecule has 0 amide bonds. The molecule has 4 aromatic rings. The topological polar surface area (TPSA) is 122 Å². The number of benzene rings is 1. The Balaban J connectivity index is 1.18. The van der Waals surface area contributed by atoms with Crippen molar-refractivity contribution < 1.29 is 26.7 Å². The molecule has 47 heavy (non-hydrogen) atoms. The van der Waals surface area contributed by atoms with E-state index in [4.69, 9.17) is 4.98 Å². The number of sulfonamides is 1. The molecule has 1 aromatic carbocycles. The average Bonchev–Trinajstić information content (AvgIpc) is 3.53. The van der Waals surface area contributed by atoms with E-state index >= 15 is 0 Å². The molecule has 1 atom stereocenters. The monoisotopic (exact) mass is 676 g/mol. The number of fused-ring (bicyclic) bond motifs is 2. The highest BCUT2D eigenvalue weighted by molar-refractivity contribution is 7.88. The van der Waals surface area contributed by atoms with Crippen LogP contribution < -0.4 is 10.6 Å². The van der Waals surface area contributed by atoms with Gasteiger partial charge in [0, 0.05) is 89.6 Å². The highest BCUT2D eigenvalue weighted by Gasteiger charge is 2.33. The fraction of sp³-hybridized carbons (Fsp3) is 0.516. The second kappa shape index (κ2) is 12.4. The molecular formula is C31H39F3N8O4S. The molecule has 1 saturated heterocycles. The van der Waals surface area contributed by atoms with Gasteiger partial charge < -0.3 is 14.9 Å². The first-order chi connectivity index (χ1) is 22.1. The lowest BCUT2D eigenvalue weighted by Gasteiger charge is -2.33. The van der Waals surface area contributed by atoms with Gasteiger partial charge in [0.15, 0.2) is 5.65 Å². The summed E-state index contributed by atoms with van der Waals surface area (Å²) in [5, 5.41) is 16.0. The fourth-order valence-corrected chi connectivity index (χ4v) is 7.41. The molecule has 2 aliphatic rings. The number of rotatable bonds is 8. The molecule has 254 valence electrons. The lowest BCUT2D eigenvalue weighted by molar-refractivity contribution is -0.137.